The summed E-state index contributed by atoms with van der Waals surface area (Å²) in [6, 6.07) is 8.39. The Bertz CT molecular complexity index is 924. The number of carbonyl (C=O) groups excluding carboxylic acids is 1. The van der Waals surface area contributed by atoms with Crippen molar-refractivity contribution in [3.8, 4) is 5.75 Å². The molecule has 0 fully saturated rings. The Morgan fingerprint density at radius 3 is 2.59 bits per heavy atom. The van der Waals surface area contributed by atoms with Crippen LogP contribution in [0.4, 0.5) is 5.69 Å². The quantitative estimate of drug-likeness (QED) is 0.335. The Morgan fingerprint density at radius 2 is 1.96 bits per heavy atom. The van der Waals surface area contributed by atoms with Crippen molar-refractivity contribution in [3.63, 3.8) is 0 Å². The molecule has 6 nitrogen and oxygen atoms in total. The minimum atomic E-state index is -1.09. The molecule has 0 radical (unpaired) electrons. The molecule has 0 bridgehead atoms. The number of hydrogen-bond donors (Lipinski definition) is 3. The molecule has 2 rings (SSSR count). The van der Waals surface area contributed by atoms with E-state index in [-0.39, 0.29) is 17.3 Å². The van der Waals surface area contributed by atoms with Crippen molar-refractivity contribution in [2.24, 2.45) is 0 Å². The van der Waals surface area contributed by atoms with Crippen molar-refractivity contribution in [2.45, 2.75) is 6.92 Å². The number of benzene rings is 2. The van der Waals surface area contributed by atoms with Crippen LogP contribution in [0.5, 0.6) is 5.75 Å². The van der Waals surface area contributed by atoms with Gasteiger partial charge in [-0.1, -0.05) is 11.6 Å². The lowest BCUT2D eigenvalue weighted by Crippen LogP contribution is -2.37. The number of carboxylic acids is 1. The van der Waals surface area contributed by atoms with Crippen molar-refractivity contribution < 1.29 is 19.4 Å². The number of aromatic carboxylic acids is 1. The van der Waals surface area contributed by atoms with Crippen molar-refractivity contribution in [1.82, 2.24) is 5.32 Å². The summed E-state index contributed by atoms with van der Waals surface area (Å²) in [7, 11) is 0. The van der Waals surface area contributed by atoms with Gasteiger partial charge >= 0.3 is 5.97 Å². The van der Waals surface area contributed by atoms with Crippen LogP contribution in [0.3, 0.4) is 0 Å². The molecular weight excluding hydrogens is 618 g/mol. The predicted molar refractivity (Wildman–Crippen MR) is 125 cm³/mol. The van der Waals surface area contributed by atoms with E-state index < -0.39 is 11.9 Å². The maximum absolute atomic E-state index is 12.0. The average molecular weight is 631 g/mol. The zero-order chi connectivity index (χ0) is 20.1. The zero-order valence-electron chi connectivity index (χ0n) is 13.8. The van der Waals surface area contributed by atoms with Gasteiger partial charge in [0.2, 0.25) is 0 Å². The van der Waals surface area contributed by atoms with Gasteiger partial charge in [0.15, 0.2) is 11.7 Å². The SMILES string of the molecule is Cc1cc(Cl)ccc1OCC(=O)NC(=S)Nc1c(I)cc(I)cc1C(=O)O. The lowest BCUT2D eigenvalue weighted by molar-refractivity contribution is -0.121. The summed E-state index contributed by atoms with van der Waals surface area (Å²) in [4.78, 5) is 23.5. The fourth-order valence-electron chi connectivity index (χ4n) is 2.09. The molecule has 0 aliphatic carbocycles. The molecule has 2 aromatic rings. The van der Waals surface area contributed by atoms with Crippen LogP contribution in [0.2, 0.25) is 5.02 Å². The molecule has 0 aliphatic heterocycles. The molecule has 142 valence electrons. The highest BCUT2D eigenvalue weighted by molar-refractivity contribution is 14.1. The number of nitrogens with one attached hydrogen (secondary N) is 2. The van der Waals surface area contributed by atoms with E-state index in [2.05, 4.69) is 10.6 Å². The number of halogens is 3. The summed E-state index contributed by atoms with van der Waals surface area (Å²) in [5.74, 6) is -1.03. The van der Waals surface area contributed by atoms with Crippen LogP contribution < -0.4 is 15.4 Å². The van der Waals surface area contributed by atoms with E-state index in [1.54, 1.807) is 24.3 Å². The van der Waals surface area contributed by atoms with Crippen LogP contribution in [0, 0.1) is 14.1 Å². The second kappa shape index (κ2) is 9.85. The highest BCUT2D eigenvalue weighted by Crippen LogP contribution is 2.26. The molecule has 0 saturated carbocycles. The number of hydrogen-bond acceptors (Lipinski definition) is 4. The number of ether oxygens (including phenoxy) is 1. The standard InChI is InChI=1S/C17H13ClI2N2O4S/c1-8-4-9(18)2-3-13(8)26-7-14(23)21-17(27)22-15-11(16(24)25)5-10(19)6-12(15)20/h2-6H,7H2,1H3,(H,24,25)(H2,21,22,23,27). The number of amides is 1. The van der Waals surface area contributed by atoms with E-state index in [4.69, 9.17) is 28.6 Å². The van der Waals surface area contributed by atoms with Crippen LogP contribution in [0.25, 0.3) is 0 Å². The van der Waals surface area contributed by atoms with E-state index in [0.29, 0.717) is 20.0 Å². The highest BCUT2D eigenvalue weighted by atomic mass is 127. The van der Waals surface area contributed by atoms with Gasteiger partial charge in [-0.3, -0.25) is 10.1 Å². The molecule has 0 heterocycles. The van der Waals surface area contributed by atoms with Gasteiger partial charge in [0.1, 0.15) is 5.75 Å². The molecule has 0 aromatic heterocycles. The smallest absolute Gasteiger partial charge is 0.337 e. The number of carbonyl (C=O) groups is 2. The molecule has 0 saturated heterocycles. The van der Waals surface area contributed by atoms with Crippen LogP contribution in [-0.4, -0.2) is 28.7 Å². The van der Waals surface area contributed by atoms with Crippen LogP contribution in [-0.2, 0) is 4.79 Å². The summed E-state index contributed by atoms with van der Waals surface area (Å²) in [6.07, 6.45) is 0. The van der Waals surface area contributed by atoms with Crippen LogP contribution >= 0.6 is 69.0 Å². The molecule has 3 N–H and O–H groups in total. The first-order valence-electron chi connectivity index (χ1n) is 7.39. The maximum Gasteiger partial charge on any atom is 0.337 e. The molecular formula is C17H13ClI2N2O4S. The first-order chi connectivity index (χ1) is 12.7. The number of aryl methyl sites for hydroxylation is 1. The summed E-state index contributed by atoms with van der Waals surface area (Å²) in [6.45, 7) is 1.57. The van der Waals surface area contributed by atoms with Gasteiger partial charge in [0.05, 0.1) is 11.3 Å². The monoisotopic (exact) mass is 630 g/mol. The summed E-state index contributed by atoms with van der Waals surface area (Å²) in [5, 5.41) is 15.2. The van der Waals surface area contributed by atoms with Gasteiger partial charge in [0.25, 0.3) is 5.91 Å². The van der Waals surface area contributed by atoms with E-state index >= 15 is 0 Å². The third-order valence-corrected chi connectivity index (χ3v) is 5.19. The topological polar surface area (TPSA) is 87.7 Å². The number of anilines is 1. The van der Waals surface area contributed by atoms with Crippen molar-refractivity contribution >= 4 is 91.7 Å². The van der Waals surface area contributed by atoms with Gasteiger partial charge in [0, 0.05) is 12.2 Å². The lowest BCUT2D eigenvalue weighted by atomic mass is 10.2. The Balaban J connectivity index is 1.99. The lowest BCUT2D eigenvalue weighted by Gasteiger charge is -2.14. The van der Waals surface area contributed by atoms with E-state index in [1.165, 1.54) is 6.07 Å². The molecule has 27 heavy (non-hydrogen) atoms. The van der Waals surface area contributed by atoms with Gasteiger partial charge < -0.3 is 15.2 Å². The molecule has 0 unspecified atom stereocenters. The minimum Gasteiger partial charge on any atom is -0.483 e. The average Bonchev–Trinajstić information content (AvgIpc) is 2.56. The fraction of sp³-hybridized carbons (Fsp3) is 0.118. The van der Waals surface area contributed by atoms with Crippen molar-refractivity contribution in [1.29, 1.82) is 0 Å². The Kier molecular flexibility index (Phi) is 8.06. The second-order valence-electron chi connectivity index (χ2n) is 5.32. The van der Waals surface area contributed by atoms with E-state index in [0.717, 1.165) is 9.13 Å². The van der Waals surface area contributed by atoms with Gasteiger partial charge in [-0.15, -0.1) is 0 Å². The summed E-state index contributed by atoms with van der Waals surface area (Å²) < 4.78 is 6.90. The predicted octanol–water partition coefficient (Wildman–Crippen LogP) is 4.45. The van der Waals surface area contributed by atoms with Crippen LogP contribution in [0.1, 0.15) is 15.9 Å². The zero-order valence-corrected chi connectivity index (χ0v) is 19.7. The number of thiocarbonyl (C=S) groups is 1. The first kappa shape index (κ1) is 22.1. The van der Waals surface area contributed by atoms with Crippen LogP contribution in [0.15, 0.2) is 30.3 Å². The molecule has 10 heteroatoms. The largest absolute Gasteiger partial charge is 0.483 e. The highest BCUT2D eigenvalue weighted by Gasteiger charge is 2.16. The van der Waals surface area contributed by atoms with E-state index in [9.17, 15) is 14.7 Å². The summed E-state index contributed by atoms with van der Waals surface area (Å²) in [5.41, 5.74) is 1.19. The molecule has 0 atom stereocenters. The Hall–Kier alpha value is -1.18. The van der Waals surface area contributed by atoms with Gasteiger partial charge in [-0.2, -0.15) is 0 Å². The number of carboxylic acid groups (broad SMARTS) is 1. The second-order valence-corrected chi connectivity index (χ2v) is 8.57. The summed E-state index contributed by atoms with van der Waals surface area (Å²) >= 11 is 15.0. The maximum atomic E-state index is 12.0. The Labute approximate surface area is 193 Å². The van der Waals surface area contributed by atoms with E-state index in [1.807, 2.05) is 52.1 Å². The molecule has 0 aliphatic rings. The molecule has 2 aromatic carbocycles. The normalized spacial score (nSPS) is 10.2. The number of rotatable bonds is 5. The molecule has 0 spiro atoms. The third kappa shape index (κ3) is 6.43. The Morgan fingerprint density at radius 1 is 1.26 bits per heavy atom. The third-order valence-electron chi connectivity index (χ3n) is 3.27. The van der Waals surface area contributed by atoms with Gasteiger partial charge in [-0.25, -0.2) is 4.79 Å². The molecule has 1 amide bonds. The fourth-order valence-corrected chi connectivity index (χ4v) is 4.52. The van der Waals surface area contributed by atoms with Gasteiger partial charge in [-0.05, 0) is 100 Å². The van der Waals surface area contributed by atoms with Crippen molar-refractivity contribution in [3.05, 3.63) is 53.6 Å². The van der Waals surface area contributed by atoms with Crippen molar-refractivity contribution in [2.75, 3.05) is 11.9 Å². The first-order valence-corrected chi connectivity index (χ1v) is 10.3. The minimum absolute atomic E-state index is 0.0157.